The number of likely N-dealkylation sites (tertiary alicyclic amines) is 1. The second-order valence-corrected chi connectivity index (χ2v) is 7.08. The third kappa shape index (κ3) is 4.10. The van der Waals surface area contributed by atoms with Crippen LogP contribution in [0.5, 0.6) is 0 Å². The molecule has 1 fully saturated rings. The van der Waals surface area contributed by atoms with Crippen LogP contribution in [-0.2, 0) is 6.54 Å². The quantitative estimate of drug-likeness (QED) is 0.699. The van der Waals surface area contributed by atoms with Crippen molar-refractivity contribution in [2.45, 2.75) is 32.4 Å². The Hall–Kier alpha value is -2.50. The molecule has 3 aromatic rings. The van der Waals surface area contributed by atoms with Crippen LogP contribution in [0.1, 0.15) is 25.3 Å². The summed E-state index contributed by atoms with van der Waals surface area (Å²) in [5.74, 6) is 0. The van der Waals surface area contributed by atoms with Crippen LogP contribution >= 0.6 is 0 Å². The standard InChI is InChI=1S/C22H27N5/c1-2-26-13-7-11-21(26)16-24-15-19-17-27(20-9-4-3-5-10-20)25-22(19)18-8-6-12-23-14-18/h3-6,8-10,12,14,17,21,24H,2,7,11,13,15-16H2,1H3/t21-/m1/s1. The van der Waals surface area contributed by atoms with E-state index in [0.717, 1.165) is 36.6 Å². The second-order valence-electron chi connectivity index (χ2n) is 7.08. The lowest BCUT2D eigenvalue weighted by Gasteiger charge is -2.22. The van der Waals surface area contributed by atoms with Gasteiger partial charge in [0.2, 0.25) is 0 Å². The molecule has 0 bridgehead atoms. The molecule has 0 unspecified atom stereocenters. The average Bonchev–Trinajstić information content (AvgIpc) is 3.36. The molecule has 140 valence electrons. The summed E-state index contributed by atoms with van der Waals surface area (Å²) in [4.78, 5) is 6.84. The second kappa shape index (κ2) is 8.46. The number of aromatic nitrogens is 3. The van der Waals surface area contributed by atoms with Crippen molar-refractivity contribution >= 4 is 0 Å². The monoisotopic (exact) mass is 361 g/mol. The first-order chi connectivity index (χ1) is 13.3. The lowest BCUT2D eigenvalue weighted by atomic mass is 10.1. The third-order valence-electron chi connectivity index (χ3n) is 5.35. The van der Waals surface area contributed by atoms with Gasteiger partial charge in [-0.2, -0.15) is 5.10 Å². The number of rotatable bonds is 7. The smallest absolute Gasteiger partial charge is 0.0988 e. The predicted molar refractivity (Wildman–Crippen MR) is 109 cm³/mol. The number of hydrogen-bond acceptors (Lipinski definition) is 4. The highest BCUT2D eigenvalue weighted by Gasteiger charge is 2.22. The third-order valence-corrected chi connectivity index (χ3v) is 5.35. The van der Waals surface area contributed by atoms with Gasteiger partial charge in [0.15, 0.2) is 0 Å². The molecule has 4 rings (SSSR count). The first-order valence-electron chi connectivity index (χ1n) is 9.84. The van der Waals surface area contributed by atoms with Gasteiger partial charge in [0.25, 0.3) is 0 Å². The minimum atomic E-state index is 0.654. The van der Waals surface area contributed by atoms with Crippen molar-refractivity contribution < 1.29 is 0 Å². The van der Waals surface area contributed by atoms with Gasteiger partial charge in [0.1, 0.15) is 0 Å². The number of nitrogens with one attached hydrogen (secondary N) is 1. The van der Waals surface area contributed by atoms with Crippen molar-refractivity contribution in [2.75, 3.05) is 19.6 Å². The minimum Gasteiger partial charge on any atom is -0.311 e. The van der Waals surface area contributed by atoms with Crippen LogP contribution in [0.2, 0.25) is 0 Å². The summed E-state index contributed by atoms with van der Waals surface area (Å²) in [6.07, 6.45) is 8.43. The van der Waals surface area contributed by atoms with E-state index >= 15 is 0 Å². The number of pyridine rings is 1. The zero-order chi connectivity index (χ0) is 18.5. The molecule has 1 aromatic carbocycles. The molecule has 0 radical (unpaired) electrons. The van der Waals surface area contributed by atoms with E-state index < -0.39 is 0 Å². The molecular formula is C22H27N5. The molecule has 3 heterocycles. The topological polar surface area (TPSA) is 46.0 Å². The van der Waals surface area contributed by atoms with Crippen LogP contribution in [0.25, 0.3) is 16.9 Å². The molecule has 1 aliphatic rings. The molecule has 1 atom stereocenters. The summed E-state index contributed by atoms with van der Waals surface area (Å²) in [6, 6.07) is 15.0. The molecule has 0 amide bonds. The van der Waals surface area contributed by atoms with Crippen molar-refractivity contribution in [2.24, 2.45) is 0 Å². The van der Waals surface area contributed by atoms with Gasteiger partial charge in [-0.15, -0.1) is 0 Å². The lowest BCUT2D eigenvalue weighted by Crippen LogP contribution is -2.37. The number of likely N-dealkylation sites (N-methyl/N-ethyl adjacent to an activating group) is 1. The van der Waals surface area contributed by atoms with Gasteiger partial charge in [-0.05, 0) is 50.2 Å². The van der Waals surface area contributed by atoms with Gasteiger partial charge in [-0.3, -0.25) is 9.88 Å². The molecule has 27 heavy (non-hydrogen) atoms. The Morgan fingerprint density at radius 3 is 2.81 bits per heavy atom. The molecule has 0 saturated carbocycles. The maximum atomic E-state index is 4.86. The Morgan fingerprint density at radius 1 is 1.15 bits per heavy atom. The van der Waals surface area contributed by atoms with Crippen LogP contribution in [0, 0.1) is 0 Å². The van der Waals surface area contributed by atoms with Gasteiger partial charge >= 0.3 is 0 Å². The molecular weight excluding hydrogens is 334 g/mol. The molecule has 5 nitrogen and oxygen atoms in total. The number of benzene rings is 1. The van der Waals surface area contributed by atoms with E-state index in [1.807, 2.05) is 35.1 Å². The molecule has 1 saturated heterocycles. The summed E-state index contributed by atoms with van der Waals surface area (Å²) in [7, 11) is 0. The lowest BCUT2D eigenvalue weighted by molar-refractivity contribution is 0.260. The SMILES string of the molecule is CCN1CCC[C@@H]1CNCc1cn(-c2ccccc2)nc1-c1cccnc1. The number of nitrogens with zero attached hydrogens (tertiary/aromatic N) is 4. The summed E-state index contributed by atoms with van der Waals surface area (Å²) in [5, 5.41) is 8.53. The van der Waals surface area contributed by atoms with Crippen molar-refractivity contribution in [1.29, 1.82) is 0 Å². The van der Waals surface area contributed by atoms with Crippen LogP contribution in [-0.4, -0.2) is 45.3 Å². The van der Waals surface area contributed by atoms with Crippen molar-refractivity contribution in [3.63, 3.8) is 0 Å². The largest absolute Gasteiger partial charge is 0.311 e. The van der Waals surface area contributed by atoms with E-state index in [-0.39, 0.29) is 0 Å². The zero-order valence-electron chi connectivity index (χ0n) is 15.9. The van der Waals surface area contributed by atoms with Crippen molar-refractivity contribution in [1.82, 2.24) is 25.0 Å². The van der Waals surface area contributed by atoms with Crippen molar-refractivity contribution in [3.05, 3.63) is 66.6 Å². The van der Waals surface area contributed by atoms with E-state index in [1.54, 1.807) is 6.20 Å². The Labute approximate surface area is 161 Å². The highest BCUT2D eigenvalue weighted by molar-refractivity contribution is 5.62. The highest BCUT2D eigenvalue weighted by atomic mass is 15.3. The van der Waals surface area contributed by atoms with E-state index in [4.69, 9.17) is 5.10 Å². The molecule has 0 aliphatic carbocycles. The fraction of sp³-hybridized carbons (Fsp3) is 0.364. The van der Waals surface area contributed by atoms with Crippen LogP contribution in [0.3, 0.4) is 0 Å². The van der Waals surface area contributed by atoms with Crippen LogP contribution < -0.4 is 5.32 Å². The summed E-state index contributed by atoms with van der Waals surface area (Å²) in [6.45, 7) is 6.46. The summed E-state index contributed by atoms with van der Waals surface area (Å²) < 4.78 is 1.97. The Bertz CT molecular complexity index is 844. The summed E-state index contributed by atoms with van der Waals surface area (Å²) in [5.41, 5.74) is 4.33. The van der Waals surface area contributed by atoms with E-state index in [2.05, 4.69) is 46.5 Å². The van der Waals surface area contributed by atoms with Crippen LogP contribution in [0.4, 0.5) is 0 Å². The fourth-order valence-electron chi connectivity index (χ4n) is 3.91. The van der Waals surface area contributed by atoms with Gasteiger partial charge in [-0.1, -0.05) is 25.1 Å². The predicted octanol–water partition coefficient (Wildman–Crippen LogP) is 3.51. The van der Waals surface area contributed by atoms with Gasteiger partial charge in [0, 0.05) is 48.8 Å². The first-order valence-corrected chi connectivity index (χ1v) is 9.84. The van der Waals surface area contributed by atoms with Gasteiger partial charge in [-0.25, -0.2) is 4.68 Å². The average molecular weight is 361 g/mol. The normalized spacial score (nSPS) is 17.4. The first kappa shape index (κ1) is 17.9. The van der Waals surface area contributed by atoms with Crippen LogP contribution in [0.15, 0.2) is 61.1 Å². The fourth-order valence-corrected chi connectivity index (χ4v) is 3.91. The molecule has 1 aliphatic heterocycles. The maximum Gasteiger partial charge on any atom is 0.0988 e. The van der Waals surface area contributed by atoms with E-state index in [9.17, 15) is 0 Å². The van der Waals surface area contributed by atoms with Gasteiger partial charge < -0.3 is 5.32 Å². The zero-order valence-corrected chi connectivity index (χ0v) is 15.9. The number of para-hydroxylation sites is 1. The maximum absolute atomic E-state index is 4.86. The summed E-state index contributed by atoms with van der Waals surface area (Å²) >= 11 is 0. The highest BCUT2D eigenvalue weighted by Crippen LogP contribution is 2.23. The Kier molecular flexibility index (Phi) is 5.61. The molecule has 2 aromatic heterocycles. The van der Waals surface area contributed by atoms with Gasteiger partial charge in [0.05, 0.1) is 11.4 Å². The molecule has 5 heteroatoms. The molecule has 1 N–H and O–H groups in total. The minimum absolute atomic E-state index is 0.654. The number of hydrogen-bond donors (Lipinski definition) is 1. The van der Waals surface area contributed by atoms with E-state index in [0.29, 0.717) is 6.04 Å². The van der Waals surface area contributed by atoms with E-state index in [1.165, 1.54) is 24.9 Å². The Morgan fingerprint density at radius 2 is 2.04 bits per heavy atom. The molecule has 0 spiro atoms. The van der Waals surface area contributed by atoms with Crippen molar-refractivity contribution in [3.8, 4) is 16.9 Å². The Balaban J connectivity index is 1.54.